The van der Waals surface area contributed by atoms with Gasteiger partial charge in [0.2, 0.25) is 5.91 Å². The highest BCUT2D eigenvalue weighted by atomic mass is 16.5. The van der Waals surface area contributed by atoms with E-state index in [1.54, 1.807) is 36.3 Å². The first-order valence-electron chi connectivity index (χ1n) is 7.72. The quantitative estimate of drug-likeness (QED) is 0.908. The van der Waals surface area contributed by atoms with Crippen molar-refractivity contribution in [3.63, 3.8) is 0 Å². The number of nitrogens with one attached hydrogen (secondary N) is 2. The van der Waals surface area contributed by atoms with Crippen LogP contribution in [0.4, 0.5) is 16.2 Å². The van der Waals surface area contributed by atoms with Crippen molar-refractivity contribution >= 4 is 23.3 Å². The van der Waals surface area contributed by atoms with Crippen molar-refractivity contribution in [2.45, 2.75) is 12.5 Å². The van der Waals surface area contributed by atoms with Gasteiger partial charge in [-0.2, -0.15) is 0 Å². The molecule has 1 atom stereocenters. The molecule has 0 radical (unpaired) electrons. The fourth-order valence-electron chi connectivity index (χ4n) is 2.69. The number of nitrogens with zero attached hydrogens (tertiary/aromatic N) is 1. The number of anilines is 2. The molecule has 1 saturated heterocycles. The lowest BCUT2D eigenvalue weighted by atomic mass is 10.2. The van der Waals surface area contributed by atoms with Crippen molar-refractivity contribution in [1.82, 2.24) is 5.32 Å². The molecule has 2 aromatic carbocycles. The molecule has 0 saturated carbocycles. The van der Waals surface area contributed by atoms with E-state index in [9.17, 15) is 9.59 Å². The first-order valence-corrected chi connectivity index (χ1v) is 7.72. The van der Waals surface area contributed by atoms with Crippen LogP contribution in [0, 0.1) is 0 Å². The van der Waals surface area contributed by atoms with Gasteiger partial charge in [-0.1, -0.05) is 18.2 Å². The Morgan fingerprint density at radius 3 is 2.50 bits per heavy atom. The van der Waals surface area contributed by atoms with E-state index in [1.807, 2.05) is 30.3 Å². The van der Waals surface area contributed by atoms with Crippen LogP contribution in [-0.2, 0) is 4.79 Å². The van der Waals surface area contributed by atoms with E-state index < -0.39 is 0 Å². The Labute approximate surface area is 140 Å². The summed E-state index contributed by atoms with van der Waals surface area (Å²) in [4.78, 5) is 25.9. The Morgan fingerprint density at radius 1 is 1.12 bits per heavy atom. The number of para-hydroxylation sites is 1. The lowest BCUT2D eigenvalue weighted by Gasteiger charge is -2.17. The third kappa shape index (κ3) is 3.65. The maximum absolute atomic E-state index is 12.1. The van der Waals surface area contributed by atoms with Crippen LogP contribution in [0.5, 0.6) is 5.75 Å². The number of urea groups is 1. The Morgan fingerprint density at radius 2 is 1.83 bits per heavy atom. The number of methoxy groups -OCH3 is 1. The molecule has 0 spiro atoms. The van der Waals surface area contributed by atoms with Crippen LogP contribution >= 0.6 is 0 Å². The zero-order valence-corrected chi connectivity index (χ0v) is 13.4. The fourth-order valence-corrected chi connectivity index (χ4v) is 2.69. The molecule has 1 heterocycles. The SMILES string of the molecule is COc1ccc(NC(=O)N[C@@H]2CC(=O)N(c3ccccc3)C2)cc1. The summed E-state index contributed by atoms with van der Waals surface area (Å²) in [5.74, 6) is 0.733. The lowest BCUT2D eigenvalue weighted by Crippen LogP contribution is -2.39. The van der Waals surface area contributed by atoms with E-state index in [4.69, 9.17) is 4.74 Å². The van der Waals surface area contributed by atoms with Crippen molar-refractivity contribution in [3.8, 4) is 5.75 Å². The van der Waals surface area contributed by atoms with Crippen LogP contribution in [0.2, 0.25) is 0 Å². The number of hydrogen-bond acceptors (Lipinski definition) is 3. The van der Waals surface area contributed by atoms with Gasteiger partial charge < -0.3 is 20.3 Å². The highest BCUT2D eigenvalue weighted by Crippen LogP contribution is 2.21. The van der Waals surface area contributed by atoms with E-state index in [0.29, 0.717) is 18.7 Å². The molecule has 1 aliphatic heterocycles. The minimum Gasteiger partial charge on any atom is -0.497 e. The molecule has 6 heteroatoms. The van der Waals surface area contributed by atoms with Crippen LogP contribution < -0.4 is 20.3 Å². The summed E-state index contributed by atoms with van der Waals surface area (Å²) in [6.07, 6.45) is 0.297. The van der Waals surface area contributed by atoms with E-state index in [2.05, 4.69) is 10.6 Å². The first-order chi connectivity index (χ1) is 11.7. The van der Waals surface area contributed by atoms with Crippen molar-refractivity contribution < 1.29 is 14.3 Å². The monoisotopic (exact) mass is 325 g/mol. The third-order valence-electron chi connectivity index (χ3n) is 3.88. The molecular weight excluding hydrogens is 306 g/mol. The largest absolute Gasteiger partial charge is 0.497 e. The smallest absolute Gasteiger partial charge is 0.319 e. The van der Waals surface area contributed by atoms with Crippen LogP contribution in [0.15, 0.2) is 54.6 Å². The van der Waals surface area contributed by atoms with Crippen molar-refractivity contribution in [2.75, 3.05) is 23.9 Å². The van der Waals surface area contributed by atoms with Crippen LogP contribution in [0.25, 0.3) is 0 Å². The van der Waals surface area contributed by atoms with Gasteiger partial charge in [0, 0.05) is 24.3 Å². The third-order valence-corrected chi connectivity index (χ3v) is 3.88. The van der Waals surface area contributed by atoms with Crippen LogP contribution in [0.1, 0.15) is 6.42 Å². The molecule has 124 valence electrons. The summed E-state index contributed by atoms with van der Waals surface area (Å²) in [6.45, 7) is 0.471. The van der Waals surface area contributed by atoms with Crippen molar-refractivity contribution in [2.24, 2.45) is 0 Å². The number of amides is 3. The number of carbonyl (C=O) groups excluding carboxylic acids is 2. The second kappa shape index (κ2) is 7.04. The van der Waals surface area contributed by atoms with Crippen LogP contribution in [-0.4, -0.2) is 31.6 Å². The number of ether oxygens (including phenoxy) is 1. The molecule has 1 fully saturated rings. The van der Waals surface area contributed by atoms with Gasteiger partial charge in [0.1, 0.15) is 5.75 Å². The predicted molar refractivity (Wildman–Crippen MR) is 92.3 cm³/mol. The Bertz CT molecular complexity index is 716. The van der Waals surface area contributed by atoms with Gasteiger partial charge in [-0.05, 0) is 36.4 Å². The number of carbonyl (C=O) groups is 2. The topological polar surface area (TPSA) is 70.7 Å². The van der Waals surface area contributed by atoms with Gasteiger partial charge in [-0.15, -0.1) is 0 Å². The summed E-state index contributed by atoms with van der Waals surface area (Å²) < 4.78 is 5.08. The zero-order valence-electron chi connectivity index (χ0n) is 13.4. The standard InChI is InChI=1S/C18H19N3O3/c1-24-16-9-7-13(8-10-16)19-18(23)20-14-11-17(22)21(12-14)15-5-3-2-4-6-15/h2-10,14H,11-12H2,1H3,(H2,19,20,23)/t14-/m1/s1. The number of rotatable bonds is 4. The Kier molecular flexibility index (Phi) is 4.65. The molecular formula is C18H19N3O3. The van der Waals surface area contributed by atoms with E-state index in [0.717, 1.165) is 11.4 Å². The van der Waals surface area contributed by atoms with Gasteiger partial charge in [-0.25, -0.2) is 4.79 Å². The second-order valence-corrected chi connectivity index (χ2v) is 5.57. The van der Waals surface area contributed by atoms with E-state index >= 15 is 0 Å². The van der Waals surface area contributed by atoms with E-state index in [-0.39, 0.29) is 18.0 Å². The molecule has 1 aliphatic rings. The average molecular weight is 325 g/mol. The molecule has 3 amide bonds. The molecule has 2 N–H and O–H groups in total. The molecule has 2 aromatic rings. The first kappa shape index (κ1) is 15.9. The van der Waals surface area contributed by atoms with Gasteiger partial charge in [0.25, 0.3) is 0 Å². The normalized spacial score (nSPS) is 16.8. The van der Waals surface area contributed by atoms with Gasteiger partial charge in [0.05, 0.1) is 13.2 Å². The molecule has 0 aromatic heterocycles. The second-order valence-electron chi connectivity index (χ2n) is 5.57. The Hall–Kier alpha value is -3.02. The molecule has 0 bridgehead atoms. The maximum Gasteiger partial charge on any atom is 0.319 e. The average Bonchev–Trinajstić information content (AvgIpc) is 2.96. The van der Waals surface area contributed by atoms with Crippen molar-refractivity contribution in [3.05, 3.63) is 54.6 Å². The lowest BCUT2D eigenvalue weighted by molar-refractivity contribution is -0.117. The highest BCUT2D eigenvalue weighted by molar-refractivity contribution is 5.97. The van der Waals surface area contributed by atoms with Crippen LogP contribution in [0.3, 0.4) is 0 Å². The molecule has 24 heavy (non-hydrogen) atoms. The molecule has 0 aliphatic carbocycles. The summed E-state index contributed by atoms with van der Waals surface area (Å²) >= 11 is 0. The molecule has 6 nitrogen and oxygen atoms in total. The fraction of sp³-hybridized carbons (Fsp3) is 0.222. The minimum atomic E-state index is -0.326. The van der Waals surface area contributed by atoms with Crippen molar-refractivity contribution in [1.29, 1.82) is 0 Å². The van der Waals surface area contributed by atoms with E-state index in [1.165, 1.54) is 0 Å². The zero-order chi connectivity index (χ0) is 16.9. The minimum absolute atomic E-state index is 0.0101. The summed E-state index contributed by atoms with van der Waals surface area (Å²) in [7, 11) is 1.59. The van der Waals surface area contributed by atoms with Gasteiger partial charge >= 0.3 is 6.03 Å². The highest BCUT2D eigenvalue weighted by Gasteiger charge is 2.31. The summed E-state index contributed by atoms with van der Waals surface area (Å²) in [6, 6.07) is 16.0. The molecule has 3 rings (SSSR count). The predicted octanol–water partition coefficient (Wildman–Crippen LogP) is 2.62. The number of benzene rings is 2. The Balaban J connectivity index is 1.56. The molecule has 0 unspecified atom stereocenters. The van der Waals surface area contributed by atoms with Gasteiger partial charge in [0.15, 0.2) is 0 Å². The maximum atomic E-state index is 12.1. The van der Waals surface area contributed by atoms with Gasteiger partial charge in [-0.3, -0.25) is 4.79 Å². The number of hydrogen-bond donors (Lipinski definition) is 2. The summed E-state index contributed by atoms with van der Waals surface area (Å²) in [5, 5.41) is 5.60. The summed E-state index contributed by atoms with van der Waals surface area (Å²) in [5.41, 5.74) is 1.51.